The first-order chi connectivity index (χ1) is 13.2. The van der Waals surface area contributed by atoms with Gasteiger partial charge in [0.25, 0.3) is 5.91 Å². The minimum Gasteiger partial charge on any atom is -0.550 e. The number of carbonyl (C=O) groups is 3. The third-order valence-corrected chi connectivity index (χ3v) is 3.70. The maximum Gasteiger partial charge on any atom is 0.418 e. The van der Waals surface area contributed by atoms with Gasteiger partial charge in [-0.05, 0) is 49.2 Å². The van der Waals surface area contributed by atoms with E-state index in [-0.39, 0.29) is 30.5 Å². The van der Waals surface area contributed by atoms with E-state index in [1.165, 1.54) is 36.4 Å². The summed E-state index contributed by atoms with van der Waals surface area (Å²) in [6.07, 6.45) is -4.71. The van der Waals surface area contributed by atoms with Crippen molar-refractivity contribution < 1.29 is 32.7 Å². The number of carbonyl (C=O) groups excluding carboxylic acids is 3. The van der Waals surface area contributed by atoms with Crippen LogP contribution in [0.3, 0.4) is 0 Å². The van der Waals surface area contributed by atoms with Gasteiger partial charge in [0.15, 0.2) is 0 Å². The highest BCUT2D eigenvalue weighted by Crippen LogP contribution is 2.34. The average molecular weight is 393 g/mol. The summed E-state index contributed by atoms with van der Waals surface area (Å²) in [5.41, 5.74) is -0.841. The SMILES string of the molecule is O=C([O-])CCCC(=O)Nc1ccc(C(=O)Nc2ccccc2C(F)(F)F)cc1. The summed E-state index contributed by atoms with van der Waals surface area (Å²) in [6, 6.07) is 10.2. The molecule has 0 atom stereocenters. The fourth-order valence-electron chi connectivity index (χ4n) is 2.36. The Balaban J connectivity index is 1.99. The summed E-state index contributed by atoms with van der Waals surface area (Å²) in [4.78, 5) is 34.2. The van der Waals surface area contributed by atoms with Crippen molar-refractivity contribution in [3.05, 3.63) is 59.7 Å². The first kappa shape index (κ1) is 20.9. The summed E-state index contributed by atoms with van der Waals surface area (Å²) in [5.74, 6) is -2.38. The molecule has 148 valence electrons. The van der Waals surface area contributed by atoms with E-state index in [1.54, 1.807) is 0 Å². The first-order valence-corrected chi connectivity index (χ1v) is 8.24. The minimum absolute atomic E-state index is 0.00948. The molecule has 0 saturated carbocycles. The van der Waals surface area contributed by atoms with Gasteiger partial charge in [-0.25, -0.2) is 0 Å². The Morgan fingerprint density at radius 2 is 1.54 bits per heavy atom. The van der Waals surface area contributed by atoms with E-state index in [4.69, 9.17) is 0 Å². The van der Waals surface area contributed by atoms with Gasteiger partial charge >= 0.3 is 6.18 Å². The third kappa shape index (κ3) is 6.11. The molecule has 6 nitrogen and oxygen atoms in total. The number of nitrogens with one attached hydrogen (secondary N) is 2. The number of rotatable bonds is 7. The van der Waals surface area contributed by atoms with Gasteiger partial charge in [-0.2, -0.15) is 13.2 Å². The molecule has 0 aliphatic heterocycles. The Bertz CT molecular complexity index is 864. The van der Waals surface area contributed by atoms with E-state index in [1.807, 2.05) is 0 Å². The van der Waals surface area contributed by atoms with Crippen LogP contribution < -0.4 is 15.7 Å². The van der Waals surface area contributed by atoms with Crippen molar-refractivity contribution in [1.29, 1.82) is 0 Å². The lowest BCUT2D eigenvalue weighted by Gasteiger charge is -2.13. The Hall–Kier alpha value is -3.36. The zero-order valence-corrected chi connectivity index (χ0v) is 14.5. The van der Waals surface area contributed by atoms with E-state index >= 15 is 0 Å². The second kappa shape index (κ2) is 9.03. The number of para-hydroxylation sites is 1. The molecule has 0 radical (unpaired) electrons. The number of anilines is 2. The van der Waals surface area contributed by atoms with E-state index < -0.39 is 29.5 Å². The zero-order valence-electron chi connectivity index (χ0n) is 14.5. The number of hydrogen-bond donors (Lipinski definition) is 2. The lowest BCUT2D eigenvalue weighted by molar-refractivity contribution is -0.305. The number of benzene rings is 2. The number of hydrogen-bond acceptors (Lipinski definition) is 4. The van der Waals surface area contributed by atoms with Gasteiger partial charge in [-0.15, -0.1) is 0 Å². The maximum atomic E-state index is 13.0. The molecule has 9 heteroatoms. The number of amides is 2. The number of aliphatic carboxylic acids is 1. The molecular weight excluding hydrogens is 377 g/mol. The van der Waals surface area contributed by atoms with Crippen LogP contribution in [-0.4, -0.2) is 17.8 Å². The maximum absolute atomic E-state index is 13.0. The van der Waals surface area contributed by atoms with Crippen molar-refractivity contribution in [3.8, 4) is 0 Å². The van der Waals surface area contributed by atoms with Crippen molar-refractivity contribution >= 4 is 29.2 Å². The number of halogens is 3. The monoisotopic (exact) mass is 393 g/mol. The topological polar surface area (TPSA) is 98.3 Å². The quantitative estimate of drug-likeness (QED) is 0.756. The van der Waals surface area contributed by atoms with Crippen LogP contribution >= 0.6 is 0 Å². The molecule has 2 rings (SSSR count). The van der Waals surface area contributed by atoms with Gasteiger partial charge in [0.05, 0.1) is 11.3 Å². The van der Waals surface area contributed by atoms with Crippen molar-refractivity contribution in [2.75, 3.05) is 10.6 Å². The van der Waals surface area contributed by atoms with Crippen LogP contribution in [0, 0.1) is 0 Å². The standard InChI is InChI=1S/C19H17F3N2O4/c20-19(21,22)14-4-1-2-5-15(14)24-18(28)12-8-10-13(11-9-12)23-16(25)6-3-7-17(26)27/h1-2,4-5,8-11H,3,6-7H2,(H,23,25)(H,24,28)(H,26,27)/p-1. The molecule has 0 heterocycles. The van der Waals surface area contributed by atoms with Crippen LogP contribution in [0.15, 0.2) is 48.5 Å². The van der Waals surface area contributed by atoms with Gasteiger partial charge in [0, 0.05) is 23.6 Å². The summed E-state index contributed by atoms with van der Waals surface area (Å²) < 4.78 is 38.9. The van der Waals surface area contributed by atoms with Crippen LogP contribution in [0.4, 0.5) is 24.5 Å². The van der Waals surface area contributed by atoms with Crippen molar-refractivity contribution in [2.24, 2.45) is 0 Å². The second-order valence-electron chi connectivity index (χ2n) is 5.85. The Labute approximate surface area is 158 Å². The second-order valence-corrected chi connectivity index (χ2v) is 5.85. The van der Waals surface area contributed by atoms with Gasteiger partial charge in [0.2, 0.25) is 5.91 Å². The molecule has 0 fully saturated rings. The van der Waals surface area contributed by atoms with Crippen LogP contribution in [0.2, 0.25) is 0 Å². The highest BCUT2D eigenvalue weighted by Gasteiger charge is 2.33. The van der Waals surface area contributed by atoms with E-state index in [0.717, 1.165) is 12.1 Å². The minimum atomic E-state index is -4.60. The van der Waals surface area contributed by atoms with Crippen LogP contribution in [0.1, 0.15) is 35.2 Å². The first-order valence-electron chi connectivity index (χ1n) is 8.24. The van der Waals surface area contributed by atoms with Gasteiger partial charge in [-0.1, -0.05) is 12.1 Å². The number of carboxylic acid groups (broad SMARTS) is 1. The molecule has 0 bridgehead atoms. The molecular formula is C19H16F3N2O4-. The average Bonchev–Trinajstić information content (AvgIpc) is 2.61. The summed E-state index contributed by atoms with van der Waals surface area (Å²) in [6.45, 7) is 0. The van der Waals surface area contributed by atoms with E-state index in [9.17, 15) is 32.7 Å². The van der Waals surface area contributed by atoms with Gasteiger partial charge < -0.3 is 20.5 Å². The molecule has 0 saturated heterocycles. The third-order valence-electron chi connectivity index (χ3n) is 3.70. The van der Waals surface area contributed by atoms with E-state index in [2.05, 4.69) is 10.6 Å². The predicted octanol–water partition coefficient (Wildman–Crippen LogP) is 2.82. The zero-order chi connectivity index (χ0) is 20.7. The molecule has 0 unspecified atom stereocenters. The predicted molar refractivity (Wildman–Crippen MR) is 93.3 cm³/mol. The number of alkyl halides is 3. The molecule has 2 amide bonds. The lowest BCUT2D eigenvalue weighted by Crippen LogP contribution is -2.22. The van der Waals surface area contributed by atoms with Crippen molar-refractivity contribution in [3.63, 3.8) is 0 Å². The summed E-state index contributed by atoms with van der Waals surface area (Å²) in [5, 5.41) is 15.1. The fourth-order valence-corrected chi connectivity index (χ4v) is 2.36. The number of carboxylic acids is 1. The summed E-state index contributed by atoms with van der Waals surface area (Å²) in [7, 11) is 0. The van der Waals surface area contributed by atoms with Crippen molar-refractivity contribution in [1.82, 2.24) is 0 Å². The molecule has 28 heavy (non-hydrogen) atoms. The molecule has 0 aliphatic carbocycles. The smallest absolute Gasteiger partial charge is 0.418 e. The van der Waals surface area contributed by atoms with Crippen molar-refractivity contribution in [2.45, 2.75) is 25.4 Å². The normalized spacial score (nSPS) is 11.0. The Kier molecular flexibility index (Phi) is 6.75. The molecule has 0 aliphatic rings. The molecule has 0 spiro atoms. The Morgan fingerprint density at radius 3 is 2.14 bits per heavy atom. The molecule has 2 aromatic carbocycles. The lowest BCUT2D eigenvalue weighted by atomic mass is 10.1. The Morgan fingerprint density at radius 1 is 0.893 bits per heavy atom. The summed E-state index contributed by atoms with van der Waals surface area (Å²) >= 11 is 0. The highest BCUT2D eigenvalue weighted by atomic mass is 19.4. The molecule has 2 N–H and O–H groups in total. The van der Waals surface area contributed by atoms with Gasteiger partial charge in [0.1, 0.15) is 0 Å². The van der Waals surface area contributed by atoms with Crippen LogP contribution in [0.5, 0.6) is 0 Å². The largest absolute Gasteiger partial charge is 0.550 e. The van der Waals surface area contributed by atoms with Crippen LogP contribution in [-0.2, 0) is 15.8 Å². The fraction of sp³-hybridized carbons (Fsp3) is 0.211. The van der Waals surface area contributed by atoms with E-state index in [0.29, 0.717) is 5.69 Å². The van der Waals surface area contributed by atoms with Crippen LogP contribution in [0.25, 0.3) is 0 Å². The van der Waals surface area contributed by atoms with Gasteiger partial charge in [-0.3, -0.25) is 9.59 Å². The molecule has 0 aromatic heterocycles. The molecule has 2 aromatic rings. The highest BCUT2D eigenvalue weighted by molar-refractivity contribution is 6.05.